The lowest BCUT2D eigenvalue weighted by molar-refractivity contribution is -0.141. The first-order valence-corrected chi connectivity index (χ1v) is 7.48. The third-order valence-electron chi connectivity index (χ3n) is 3.64. The van der Waals surface area contributed by atoms with Gasteiger partial charge in [-0.3, -0.25) is 4.79 Å². The minimum Gasteiger partial charge on any atom is -0.469 e. The summed E-state index contributed by atoms with van der Waals surface area (Å²) >= 11 is 0. The molecule has 1 aliphatic rings. The normalized spacial score (nSPS) is 17.0. The Hall–Kier alpha value is -1.30. The van der Waals surface area contributed by atoms with Crippen LogP contribution in [0.1, 0.15) is 40.0 Å². The molecule has 1 saturated heterocycles. The van der Waals surface area contributed by atoms with Gasteiger partial charge in [0.1, 0.15) is 5.60 Å². The molecule has 0 unspecified atom stereocenters. The molecule has 1 fully saturated rings. The molecular weight excluding hydrogens is 272 g/mol. The SMILES string of the molecule is COC(=O)CCN(C)C1CCN(C(=O)OC(C)(C)C)CC1. The van der Waals surface area contributed by atoms with Gasteiger partial charge < -0.3 is 19.3 Å². The average Bonchev–Trinajstić information content (AvgIpc) is 2.42. The number of carbonyl (C=O) groups excluding carboxylic acids is 2. The van der Waals surface area contributed by atoms with Crippen LogP contribution in [0, 0.1) is 0 Å². The van der Waals surface area contributed by atoms with Crippen LogP contribution in [-0.4, -0.2) is 67.3 Å². The molecule has 0 aliphatic carbocycles. The second-order valence-corrected chi connectivity index (χ2v) is 6.51. The van der Waals surface area contributed by atoms with Gasteiger partial charge in [0.2, 0.25) is 0 Å². The molecule has 21 heavy (non-hydrogen) atoms. The van der Waals surface area contributed by atoms with Crippen LogP contribution in [-0.2, 0) is 14.3 Å². The Morgan fingerprint density at radius 3 is 2.29 bits per heavy atom. The van der Waals surface area contributed by atoms with Gasteiger partial charge in [-0.05, 0) is 40.7 Å². The Balaban J connectivity index is 2.34. The average molecular weight is 300 g/mol. The van der Waals surface area contributed by atoms with Crippen molar-refractivity contribution in [3.8, 4) is 0 Å². The number of esters is 1. The zero-order valence-electron chi connectivity index (χ0n) is 13.8. The summed E-state index contributed by atoms with van der Waals surface area (Å²) in [5.74, 6) is -0.187. The van der Waals surface area contributed by atoms with E-state index in [0.29, 0.717) is 32.1 Å². The number of nitrogens with zero attached hydrogens (tertiary/aromatic N) is 2. The van der Waals surface area contributed by atoms with Gasteiger partial charge in [-0.2, -0.15) is 0 Å². The molecule has 0 spiro atoms. The van der Waals surface area contributed by atoms with Gasteiger partial charge in [-0.1, -0.05) is 0 Å². The number of likely N-dealkylation sites (tertiary alicyclic amines) is 1. The summed E-state index contributed by atoms with van der Waals surface area (Å²) in [5, 5.41) is 0. The number of methoxy groups -OCH3 is 1. The van der Waals surface area contributed by atoms with Crippen LogP contribution in [0.4, 0.5) is 4.79 Å². The molecule has 0 N–H and O–H groups in total. The molecule has 0 saturated carbocycles. The molecule has 1 amide bonds. The first-order valence-electron chi connectivity index (χ1n) is 7.48. The largest absolute Gasteiger partial charge is 0.469 e. The van der Waals surface area contributed by atoms with Gasteiger partial charge in [0, 0.05) is 25.7 Å². The predicted molar refractivity (Wildman–Crippen MR) is 80.1 cm³/mol. The van der Waals surface area contributed by atoms with E-state index >= 15 is 0 Å². The summed E-state index contributed by atoms with van der Waals surface area (Å²) in [4.78, 5) is 27.1. The Bertz CT molecular complexity index is 357. The number of amides is 1. The van der Waals surface area contributed by atoms with Crippen LogP contribution in [0.3, 0.4) is 0 Å². The maximum absolute atomic E-state index is 12.0. The van der Waals surface area contributed by atoms with E-state index in [2.05, 4.69) is 9.64 Å². The Morgan fingerprint density at radius 2 is 1.81 bits per heavy atom. The van der Waals surface area contributed by atoms with Crippen molar-refractivity contribution in [3.05, 3.63) is 0 Å². The maximum atomic E-state index is 12.0. The fraction of sp³-hybridized carbons (Fsp3) is 0.867. The molecule has 0 bridgehead atoms. The van der Waals surface area contributed by atoms with Gasteiger partial charge in [0.15, 0.2) is 0 Å². The summed E-state index contributed by atoms with van der Waals surface area (Å²) in [6.45, 7) is 7.70. The van der Waals surface area contributed by atoms with Crippen LogP contribution < -0.4 is 0 Å². The van der Waals surface area contributed by atoms with E-state index < -0.39 is 5.60 Å². The van der Waals surface area contributed by atoms with Crippen molar-refractivity contribution in [3.63, 3.8) is 0 Å². The van der Waals surface area contributed by atoms with Crippen molar-refractivity contribution >= 4 is 12.1 Å². The van der Waals surface area contributed by atoms with Gasteiger partial charge in [0.05, 0.1) is 13.5 Å². The fourth-order valence-electron chi connectivity index (χ4n) is 2.37. The van der Waals surface area contributed by atoms with E-state index in [0.717, 1.165) is 12.8 Å². The lowest BCUT2D eigenvalue weighted by Gasteiger charge is -2.37. The van der Waals surface area contributed by atoms with Crippen molar-refractivity contribution in [2.24, 2.45) is 0 Å². The summed E-state index contributed by atoms with van der Waals surface area (Å²) in [6.07, 6.45) is 1.96. The quantitative estimate of drug-likeness (QED) is 0.742. The molecule has 1 rings (SSSR count). The van der Waals surface area contributed by atoms with E-state index in [1.54, 1.807) is 4.90 Å². The zero-order chi connectivity index (χ0) is 16.0. The molecular formula is C15H28N2O4. The molecule has 122 valence electrons. The lowest BCUT2D eigenvalue weighted by Crippen LogP contribution is -2.47. The van der Waals surface area contributed by atoms with E-state index in [9.17, 15) is 9.59 Å². The standard InChI is InChI=1S/C15H28N2O4/c1-15(2,3)21-14(19)17-10-6-12(7-11-17)16(4)9-8-13(18)20-5/h12H,6-11H2,1-5H3. The van der Waals surface area contributed by atoms with E-state index in [4.69, 9.17) is 4.74 Å². The van der Waals surface area contributed by atoms with Gasteiger partial charge >= 0.3 is 12.1 Å². The summed E-state index contributed by atoms with van der Waals surface area (Å²) in [7, 11) is 3.42. The monoisotopic (exact) mass is 300 g/mol. The summed E-state index contributed by atoms with van der Waals surface area (Å²) in [5.41, 5.74) is -0.453. The van der Waals surface area contributed by atoms with Gasteiger partial charge in [-0.15, -0.1) is 0 Å². The third kappa shape index (κ3) is 6.33. The first-order chi connectivity index (χ1) is 9.73. The minimum atomic E-state index is -0.453. The van der Waals surface area contributed by atoms with Crippen molar-refractivity contribution in [2.75, 3.05) is 33.8 Å². The van der Waals surface area contributed by atoms with Crippen LogP contribution in [0.2, 0.25) is 0 Å². The highest BCUT2D eigenvalue weighted by Gasteiger charge is 2.28. The molecule has 0 atom stereocenters. The van der Waals surface area contributed by atoms with Crippen LogP contribution in [0.5, 0.6) is 0 Å². The summed E-state index contributed by atoms with van der Waals surface area (Å²) < 4.78 is 10.0. The molecule has 6 nitrogen and oxygen atoms in total. The smallest absolute Gasteiger partial charge is 0.410 e. The Labute approximate surface area is 127 Å². The van der Waals surface area contributed by atoms with E-state index in [-0.39, 0.29) is 12.1 Å². The van der Waals surface area contributed by atoms with E-state index in [1.807, 2.05) is 27.8 Å². The molecule has 0 radical (unpaired) electrons. The zero-order valence-corrected chi connectivity index (χ0v) is 13.8. The van der Waals surface area contributed by atoms with Gasteiger partial charge in [0.25, 0.3) is 0 Å². The number of rotatable bonds is 4. The number of hydrogen-bond donors (Lipinski definition) is 0. The molecule has 0 aromatic rings. The molecule has 0 aromatic carbocycles. The van der Waals surface area contributed by atoms with Crippen molar-refractivity contribution in [1.82, 2.24) is 9.80 Å². The second-order valence-electron chi connectivity index (χ2n) is 6.51. The number of carbonyl (C=O) groups is 2. The Kier molecular flexibility index (Phi) is 6.45. The highest BCUT2D eigenvalue weighted by molar-refractivity contribution is 5.69. The summed E-state index contributed by atoms with van der Waals surface area (Å²) in [6, 6.07) is 0.397. The molecule has 6 heteroatoms. The highest BCUT2D eigenvalue weighted by atomic mass is 16.6. The third-order valence-corrected chi connectivity index (χ3v) is 3.64. The Morgan fingerprint density at radius 1 is 1.24 bits per heavy atom. The van der Waals surface area contributed by atoms with Crippen molar-refractivity contribution < 1.29 is 19.1 Å². The maximum Gasteiger partial charge on any atom is 0.410 e. The molecule has 0 aromatic heterocycles. The van der Waals surface area contributed by atoms with Gasteiger partial charge in [-0.25, -0.2) is 4.79 Å². The molecule has 1 heterocycles. The fourth-order valence-corrected chi connectivity index (χ4v) is 2.37. The predicted octanol–water partition coefficient (Wildman–Crippen LogP) is 1.88. The highest BCUT2D eigenvalue weighted by Crippen LogP contribution is 2.18. The second kappa shape index (κ2) is 7.64. The first kappa shape index (κ1) is 17.8. The van der Waals surface area contributed by atoms with Crippen LogP contribution in [0.25, 0.3) is 0 Å². The lowest BCUT2D eigenvalue weighted by atomic mass is 10.0. The van der Waals surface area contributed by atoms with Crippen molar-refractivity contribution in [1.29, 1.82) is 0 Å². The number of hydrogen-bond acceptors (Lipinski definition) is 5. The van der Waals surface area contributed by atoms with Crippen LogP contribution in [0.15, 0.2) is 0 Å². The number of ether oxygens (including phenoxy) is 2. The van der Waals surface area contributed by atoms with E-state index in [1.165, 1.54) is 7.11 Å². The van der Waals surface area contributed by atoms with Crippen LogP contribution >= 0.6 is 0 Å². The molecule has 1 aliphatic heterocycles. The number of piperidine rings is 1. The van der Waals surface area contributed by atoms with Crippen molar-refractivity contribution in [2.45, 2.75) is 51.7 Å². The minimum absolute atomic E-state index is 0.187. The topological polar surface area (TPSA) is 59.1 Å².